The zero-order valence-electron chi connectivity index (χ0n) is 13.4. The van der Waals surface area contributed by atoms with Gasteiger partial charge in [-0.2, -0.15) is 0 Å². The lowest BCUT2D eigenvalue weighted by molar-refractivity contribution is 0.0504. The highest BCUT2D eigenvalue weighted by atomic mass is 35.5. The number of hydrogen-bond acceptors (Lipinski definition) is 5. The van der Waals surface area contributed by atoms with E-state index in [-0.39, 0.29) is 17.1 Å². The SMILES string of the molecule is CCCOC(=O)c1ccc(OC(=O)c2ccccc2Cl)c(OC)c1. The van der Waals surface area contributed by atoms with Gasteiger partial charge in [-0.1, -0.05) is 30.7 Å². The maximum Gasteiger partial charge on any atom is 0.345 e. The van der Waals surface area contributed by atoms with E-state index in [4.69, 9.17) is 25.8 Å². The quantitative estimate of drug-likeness (QED) is 0.580. The summed E-state index contributed by atoms with van der Waals surface area (Å²) in [5, 5.41) is 0.293. The van der Waals surface area contributed by atoms with Gasteiger partial charge in [0, 0.05) is 0 Å². The molecule has 2 rings (SSSR count). The molecule has 0 atom stereocenters. The molecular weight excluding hydrogens is 332 g/mol. The monoisotopic (exact) mass is 348 g/mol. The molecule has 0 fully saturated rings. The second-order valence-electron chi connectivity index (χ2n) is 4.87. The van der Waals surface area contributed by atoms with Crippen LogP contribution in [0.15, 0.2) is 42.5 Å². The van der Waals surface area contributed by atoms with E-state index < -0.39 is 11.9 Å². The van der Waals surface area contributed by atoms with Crippen molar-refractivity contribution in [1.29, 1.82) is 0 Å². The average molecular weight is 349 g/mol. The van der Waals surface area contributed by atoms with Crippen LogP contribution >= 0.6 is 11.6 Å². The molecular formula is C18H17ClO5. The maximum atomic E-state index is 12.2. The van der Waals surface area contributed by atoms with E-state index in [2.05, 4.69) is 0 Å². The fourth-order valence-corrected chi connectivity index (χ4v) is 2.15. The molecule has 126 valence electrons. The molecule has 0 bridgehead atoms. The van der Waals surface area contributed by atoms with Crippen molar-refractivity contribution in [2.75, 3.05) is 13.7 Å². The van der Waals surface area contributed by atoms with Crippen molar-refractivity contribution in [3.63, 3.8) is 0 Å². The van der Waals surface area contributed by atoms with Gasteiger partial charge >= 0.3 is 11.9 Å². The second kappa shape index (κ2) is 8.36. The Bertz CT molecular complexity index is 742. The summed E-state index contributed by atoms with van der Waals surface area (Å²) in [6.45, 7) is 2.25. The Kier molecular flexibility index (Phi) is 6.21. The van der Waals surface area contributed by atoms with Crippen molar-refractivity contribution in [2.45, 2.75) is 13.3 Å². The Balaban J connectivity index is 2.20. The number of benzene rings is 2. The summed E-state index contributed by atoms with van der Waals surface area (Å²) in [5.41, 5.74) is 0.561. The molecule has 2 aromatic carbocycles. The molecule has 0 N–H and O–H groups in total. The van der Waals surface area contributed by atoms with Crippen LogP contribution < -0.4 is 9.47 Å². The minimum atomic E-state index is -0.611. The van der Waals surface area contributed by atoms with Crippen molar-refractivity contribution in [3.05, 3.63) is 58.6 Å². The van der Waals surface area contributed by atoms with Gasteiger partial charge in [-0.05, 0) is 36.8 Å². The number of ether oxygens (including phenoxy) is 3. The minimum absolute atomic E-state index is 0.189. The molecule has 0 aliphatic rings. The fraction of sp³-hybridized carbons (Fsp3) is 0.222. The van der Waals surface area contributed by atoms with Crippen molar-refractivity contribution in [1.82, 2.24) is 0 Å². The summed E-state index contributed by atoms with van der Waals surface area (Å²) >= 11 is 5.98. The lowest BCUT2D eigenvalue weighted by Gasteiger charge is -2.11. The predicted octanol–water partition coefficient (Wildman–Crippen LogP) is 4.13. The first-order valence-electron chi connectivity index (χ1n) is 7.38. The van der Waals surface area contributed by atoms with E-state index in [9.17, 15) is 9.59 Å². The normalized spacial score (nSPS) is 10.1. The fourth-order valence-electron chi connectivity index (χ4n) is 1.94. The third kappa shape index (κ3) is 4.26. The minimum Gasteiger partial charge on any atom is -0.493 e. The number of hydrogen-bond donors (Lipinski definition) is 0. The van der Waals surface area contributed by atoms with Gasteiger partial charge in [-0.3, -0.25) is 0 Å². The summed E-state index contributed by atoms with van der Waals surface area (Å²) in [6, 6.07) is 11.0. The summed E-state index contributed by atoms with van der Waals surface area (Å²) in [6.07, 6.45) is 0.733. The maximum absolute atomic E-state index is 12.2. The molecule has 0 heterocycles. The zero-order chi connectivity index (χ0) is 17.5. The van der Waals surface area contributed by atoms with Gasteiger partial charge in [0.25, 0.3) is 0 Å². The van der Waals surface area contributed by atoms with Crippen molar-refractivity contribution in [3.8, 4) is 11.5 Å². The number of esters is 2. The molecule has 0 aliphatic carbocycles. The summed E-state index contributed by atoms with van der Waals surface area (Å²) < 4.78 is 15.6. The Morgan fingerprint density at radius 3 is 2.46 bits per heavy atom. The first kappa shape index (κ1) is 17.8. The Morgan fingerprint density at radius 2 is 1.79 bits per heavy atom. The summed E-state index contributed by atoms with van der Waals surface area (Å²) in [7, 11) is 1.42. The van der Waals surface area contributed by atoms with E-state index in [1.165, 1.54) is 25.3 Å². The summed E-state index contributed by atoms with van der Waals surface area (Å²) in [5.74, 6) is -0.629. The topological polar surface area (TPSA) is 61.8 Å². The van der Waals surface area contributed by atoms with Crippen molar-refractivity contribution in [2.24, 2.45) is 0 Å². The van der Waals surface area contributed by atoms with Crippen LogP contribution in [0.5, 0.6) is 11.5 Å². The van der Waals surface area contributed by atoms with Crippen LogP contribution in [0.3, 0.4) is 0 Å². The molecule has 0 saturated carbocycles. The van der Waals surface area contributed by atoms with E-state index in [1.807, 2.05) is 6.92 Å². The number of methoxy groups -OCH3 is 1. The van der Waals surface area contributed by atoms with Crippen molar-refractivity contribution >= 4 is 23.5 Å². The smallest absolute Gasteiger partial charge is 0.345 e. The number of halogens is 1. The largest absolute Gasteiger partial charge is 0.493 e. The second-order valence-corrected chi connectivity index (χ2v) is 5.28. The lowest BCUT2D eigenvalue weighted by atomic mass is 10.2. The van der Waals surface area contributed by atoms with Crippen LogP contribution in [0.2, 0.25) is 5.02 Å². The van der Waals surface area contributed by atoms with Crippen LogP contribution in [0.4, 0.5) is 0 Å². The van der Waals surface area contributed by atoms with Gasteiger partial charge in [-0.15, -0.1) is 0 Å². The molecule has 5 nitrogen and oxygen atoms in total. The molecule has 0 amide bonds. The number of carbonyl (C=O) groups excluding carboxylic acids is 2. The molecule has 0 unspecified atom stereocenters. The van der Waals surface area contributed by atoms with Gasteiger partial charge in [-0.25, -0.2) is 9.59 Å². The zero-order valence-corrected chi connectivity index (χ0v) is 14.1. The highest BCUT2D eigenvalue weighted by molar-refractivity contribution is 6.33. The predicted molar refractivity (Wildman–Crippen MR) is 90.0 cm³/mol. The van der Waals surface area contributed by atoms with Crippen LogP contribution in [0.1, 0.15) is 34.1 Å². The average Bonchev–Trinajstić information content (AvgIpc) is 2.60. The Labute approximate surface area is 145 Å². The van der Waals surface area contributed by atoms with Gasteiger partial charge < -0.3 is 14.2 Å². The van der Waals surface area contributed by atoms with Crippen LogP contribution in [-0.4, -0.2) is 25.7 Å². The summed E-state index contributed by atoms with van der Waals surface area (Å²) in [4.78, 5) is 24.1. The van der Waals surface area contributed by atoms with E-state index in [1.54, 1.807) is 24.3 Å². The van der Waals surface area contributed by atoms with Crippen LogP contribution in [-0.2, 0) is 4.74 Å². The molecule has 0 aliphatic heterocycles. The highest BCUT2D eigenvalue weighted by Crippen LogP contribution is 2.30. The standard InChI is InChI=1S/C18H17ClO5/c1-3-10-23-17(20)12-8-9-15(16(11-12)22-2)24-18(21)13-6-4-5-7-14(13)19/h4-9,11H,3,10H2,1-2H3. The van der Waals surface area contributed by atoms with Crippen molar-refractivity contribution < 1.29 is 23.8 Å². The van der Waals surface area contributed by atoms with Crippen LogP contribution in [0, 0.1) is 0 Å². The molecule has 2 aromatic rings. The Hall–Kier alpha value is -2.53. The van der Waals surface area contributed by atoms with E-state index >= 15 is 0 Å². The van der Waals surface area contributed by atoms with Gasteiger partial charge in [0.1, 0.15) is 0 Å². The van der Waals surface area contributed by atoms with Gasteiger partial charge in [0.15, 0.2) is 11.5 Å². The molecule has 0 radical (unpaired) electrons. The first-order valence-corrected chi connectivity index (χ1v) is 7.76. The first-order chi connectivity index (χ1) is 11.6. The van der Waals surface area contributed by atoms with Gasteiger partial charge in [0.2, 0.25) is 0 Å². The third-order valence-electron chi connectivity index (χ3n) is 3.13. The third-order valence-corrected chi connectivity index (χ3v) is 3.46. The van der Waals surface area contributed by atoms with E-state index in [0.717, 1.165) is 6.42 Å². The van der Waals surface area contributed by atoms with Gasteiger partial charge in [0.05, 0.1) is 29.9 Å². The molecule has 0 spiro atoms. The van der Waals surface area contributed by atoms with Crippen LogP contribution in [0.25, 0.3) is 0 Å². The number of rotatable bonds is 6. The highest BCUT2D eigenvalue weighted by Gasteiger charge is 2.17. The molecule has 0 aromatic heterocycles. The molecule has 0 saturated heterocycles. The molecule has 24 heavy (non-hydrogen) atoms. The Morgan fingerprint density at radius 1 is 1.04 bits per heavy atom. The molecule has 6 heteroatoms. The lowest BCUT2D eigenvalue weighted by Crippen LogP contribution is -2.11. The van der Waals surface area contributed by atoms with E-state index in [0.29, 0.717) is 17.2 Å². The number of carbonyl (C=O) groups is 2.